The Morgan fingerprint density at radius 2 is 2.15 bits per heavy atom. The molecule has 0 spiro atoms. The van der Waals surface area contributed by atoms with Gasteiger partial charge in [0.1, 0.15) is 5.69 Å². The van der Waals surface area contributed by atoms with Crippen molar-refractivity contribution >= 4 is 17.4 Å². The summed E-state index contributed by atoms with van der Waals surface area (Å²) in [5.74, 6) is 0.206. The Morgan fingerprint density at radius 1 is 1.50 bits per heavy atom. The highest BCUT2D eigenvalue weighted by Crippen LogP contribution is 2.32. The molecule has 0 fully saturated rings. The minimum absolute atomic E-state index is 0.0154. The summed E-state index contributed by atoms with van der Waals surface area (Å²) in [5, 5.41) is 21.0. The van der Waals surface area contributed by atoms with Crippen LogP contribution in [0.5, 0.6) is 0 Å². The maximum atomic E-state index is 11.3. The fourth-order valence-electron chi connectivity index (χ4n) is 1.88. The normalized spacial score (nSPS) is 10.7. The number of hydrogen-bond donors (Lipinski definition) is 2. The Balaban J connectivity index is 2.84. The average molecular weight is 283 g/mol. The molecule has 0 aliphatic carbocycles. The first-order chi connectivity index (χ1) is 9.38. The van der Waals surface area contributed by atoms with Crippen molar-refractivity contribution in [2.45, 2.75) is 33.1 Å². The molecule has 0 bridgehead atoms. The van der Waals surface area contributed by atoms with Crippen LogP contribution in [0.2, 0.25) is 0 Å². The molecule has 8 nitrogen and oxygen atoms in total. The number of aromatic nitrogens is 2. The van der Waals surface area contributed by atoms with Crippen LogP contribution in [0.15, 0.2) is 0 Å². The third-order valence-electron chi connectivity index (χ3n) is 2.80. The van der Waals surface area contributed by atoms with Gasteiger partial charge >= 0.3 is 5.69 Å². The summed E-state index contributed by atoms with van der Waals surface area (Å²) in [6, 6.07) is 0. The topological polar surface area (TPSA) is 102 Å². The molecule has 0 aliphatic heterocycles. The van der Waals surface area contributed by atoms with Crippen LogP contribution < -0.4 is 10.6 Å². The zero-order valence-electron chi connectivity index (χ0n) is 12.3. The zero-order valence-corrected chi connectivity index (χ0v) is 12.3. The summed E-state index contributed by atoms with van der Waals surface area (Å²) >= 11 is 0. The van der Waals surface area contributed by atoms with Crippen LogP contribution in [0.1, 0.15) is 38.8 Å². The number of nitro groups is 1. The van der Waals surface area contributed by atoms with Crippen LogP contribution in [0, 0.1) is 10.1 Å². The molecular weight excluding hydrogens is 262 g/mol. The third kappa shape index (κ3) is 3.69. The maximum Gasteiger partial charge on any atom is 0.334 e. The van der Waals surface area contributed by atoms with E-state index in [2.05, 4.69) is 15.7 Å². The van der Waals surface area contributed by atoms with Crippen LogP contribution in [0.3, 0.4) is 0 Å². The van der Waals surface area contributed by atoms with Gasteiger partial charge < -0.3 is 10.6 Å². The number of hydrogen-bond acceptors (Lipinski definition) is 5. The van der Waals surface area contributed by atoms with Crippen molar-refractivity contribution in [3.8, 4) is 0 Å². The molecule has 0 radical (unpaired) electrons. The second-order valence-electron chi connectivity index (χ2n) is 4.75. The van der Waals surface area contributed by atoms with E-state index in [0.29, 0.717) is 24.6 Å². The second kappa shape index (κ2) is 6.88. The van der Waals surface area contributed by atoms with Crippen molar-refractivity contribution in [3.63, 3.8) is 0 Å². The Morgan fingerprint density at radius 3 is 2.65 bits per heavy atom. The minimum atomic E-state index is -0.434. The standard InChI is InChI=1S/C12H21N5O3/c1-5-13-9(18)6-7-14-12-11(17(19)20)10(8(2)3)15-16(12)4/h8,14H,5-7H2,1-4H3,(H,13,18). The van der Waals surface area contributed by atoms with E-state index in [-0.39, 0.29) is 23.9 Å². The highest BCUT2D eigenvalue weighted by molar-refractivity contribution is 5.76. The van der Waals surface area contributed by atoms with E-state index in [1.54, 1.807) is 7.05 Å². The summed E-state index contributed by atoms with van der Waals surface area (Å²) < 4.78 is 1.45. The lowest BCUT2D eigenvalue weighted by atomic mass is 10.1. The summed E-state index contributed by atoms with van der Waals surface area (Å²) in [5.41, 5.74) is 0.427. The number of rotatable bonds is 7. The molecule has 0 aliphatic rings. The van der Waals surface area contributed by atoms with Crippen molar-refractivity contribution in [3.05, 3.63) is 15.8 Å². The van der Waals surface area contributed by atoms with Crippen molar-refractivity contribution < 1.29 is 9.72 Å². The summed E-state index contributed by atoms with van der Waals surface area (Å²) in [4.78, 5) is 22.1. The van der Waals surface area contributed by atoms with Crippen molar-refractivity contribution in [1.29, 1.82) is 0 Å². The predicted molar refractivity (Wildman–Crippen MR) is 75.7 cm³/mol. The van der Waals surface area contributed by atoms with Crippen LogP contribution in [0.4, 0.5) is 11.5 Å². The lowest BCUT2D eigenvalue weighted by Gasteiger charge is -2.06. The quantitative estimate of drug-likeness (QED) is 0.581. The SMILES string of the molecule is CCNC(=O)CCNc1c([N+](=O)[O-])c(C(C)C)nn1C. The van der Waals surface area contributed by atoms with Gasteiger partial charge in [0, 0.05) is 32.5 Å². The molecular formula is C12H21N5O3. The zero-order chi connectivity index (χ0) is 15.3. The molecule has 1 aromatic rings. The molecule has 1 amide bonds. The van der Waals surface area contributed by atoms with Crippen LogP contribution in [-0.4, -0.2) is 33.7 Å². The van der Waals surface area contributed by atoms with E-state index in [1.807, 2.05) is 20.8 Å². The number of carbonyl (C=O) groups is 1. The van der Waals surface area contributed by atoms with E-state index in [1.165, 1.54) is 4.68 Å². The van der Waals surface area contributed by atoms with Gasteiger partial charge in [0.05, 0.1) is 4.92 Å². The molecule has 20 heavy (non-hydrogen) atoms. The lowest BCUT2D eigenvalue weighted by molar-refractivity contribution is -0.384. The van der Waals surface area contributed by atoms with Crippen molar-refractivity contribution in [2.24, 2.45) is 7.05 Å². The lowest BCUT2D eigenvalue weighted by Crippen LogP contribution is -2.25. The molecule has 0 atom stereocenters. The highest BCUT2D eigenvalue weighted by Gasteiger charge is 2.28. The summed E-state index contributed by atoms with van der Waals surface area (Å²) in [7, 11) is 1.65. The Labute approximate surface area is 117 Å². The van der Waals surface area contributed by atoms with Gasteiger partial charge in [-0.1, -0.05) is 13.8 Å². The minimum Gasteiger partial charge on any atom is -0.364 e. The van der Waals surface area contributed by atoms with E-state index >= 15 is 0 Å². The summed E-state index contributed by atoms with van der Waals surface area (Å²) in [6.07, 6.45) is 0.257. The fourth-order valence-corrected chi connectivity index (χ4v) is 1.88. The number of carbonyl (C=O) groups excluding carboxylic acids is 1. The first-order valence-corrected chi connectivity index (χ1v) is 6.60. The summed E-state index contributed by atoms with van der Waals surface area (Å²) in [6.45, 7) is 6.44. The van der Waals surface area contributed by atoms with Crippen molar-refractivity contribution in [1.82, 2.24) is 15.1 Å². The van der Waals surface area contributed by atoms with Gasteiger partial charge in [0.2, 0.25) is 11.7 Å². The van der Waals surface area contributed by atoms with E-state index in [4.69, 9.17) is 0 Å². The average Bonchev–Trinajstić information content (AvgIpc) is 2.67. The first-order valence-electron chi connectivity index (χ1n) is 6.60. The molecule has 8 heteroatoms. The molecule has 0 aromatic carbocycles. The van der Waals surface area contributed by atoms with Crippen LogP contribution in [0.25, 0.3) is 0 Å². The number of anilines is 1. The molecule has 0 saturated heterocycles. The number of amides is 1. The van der Waals surface area contributed by atoms with Crippen LogP contribution in [-0.2, 0) is 11.8 Å². The number of nitrogens with zero attached hydrogens (tertiary/aromatic N) is 3. The van der Waals surface area contributed by atoms with E-state index in [9.17, 15) is 14.9 Å². The monoisotopic (exact) mass is 283 g/mol. The van der Waals surface area contributed by atoms with Crippen LogP contribution >= 0.6 is 0 Å². The van der Waals surface area contributed by atoms with Gasteiger partial charge in [-0.3, -0.25) is 14.9 Å². The van der Waals surface area contributed by atoms with Gasteiger partial charge in [-0.2, -0.15) is 5.10 Å². The number of nitrogens with one attached hydrogen (secondary N) is 2. The fraction of sp³-hybridized carbons (Fsp3) is 0.667. The predicted octanol–water partition coefficient (Wildman–Crippen LogP) is 1.39. The second-order valence-corrected chi connectivity index (χ2v) is 4.75. The van der Waals surface area contributed by atoms with Gasteiger partial charge in [0.15, 0.2) is 0 Å². The molecule has 0 unspecified atom stereocenters. The van der Waals surface area contributed by atoms with E-state index in [0.717, 1.165) is 0 Å². The Bertz CT molecular complexity index is 496. The van der Waals surface area contributed by atoms with Gasteiger partial charge in [-0.25, -0.2) is 4.68 Å². The molecule has 112 valence electrons. The smallest absolute Gasteiger partial charge is 0.334 e. The van der Waals surface area contributed by atoms with Crippen molar-refractivity contribution in [2.75, 3.05) is 18.4 Å². The Kier molecular flexibility index (Phi) is 5.48. The molecule has 1 heterocycles. The van der Waals surface area contributed by atoms with Gasteiger partial charge in [-0.15, -0.1) is 0 Å². The Hall–Kier alpha value is -2.12. The largest absolute Gasteiger partial charge is 0.364 e. The third-order valence-corrected chi connectivity index (χ3v) is 2.80. The molecule has 1 rings (SSSR count). The van der Waals surface area contributed by atoms with Gasteiger partial charge in [-0.05, 0) is 6.92 Å². The number of aryl methyl sites for hydroxylation is 1. The molecule has 2 N–H and O–H groups in total. The maximum absolute atomic E-state index is 11.3. The molecule has 1 aromatic heterocycles. The highest BCUT2D eigenvalue weighted by atomic mass is 16.6. The van der Waals surface area contributed by atoms with E-state index < -0.39 is 4.92 Å². The first kappa shape index (κ1) is 15.9. The molecule has 0 saturated carbocycles. The van der Waals surface area contributed by atoms with Gasteiger partial charge in [0.25, 0.3) is 0 Å².